The van der Waals surface area contributed by atoms with E-state index in [4.69, 9.17) is 14.4 Å². The van der Waals surface area contributed by atoms with Gasteiger partial charge >= 0.3 is 21.1 Å². The average Bonchev–Trinajstić information content (AvgIpc) is 3.98. The van der Waals surface area contributed by atoms with E-state index in [1.165, 1.54) is 38.8 Å². The van der Waals surface area contributed by atoms with Crippen LogP contribution in [0.1, 0.15) is 49.1 Å². The molecule has 6 aromatic carbocycles. The second kappa shape index (κ2) is 12.8. The van der Waals surface area contributed by atoms with Crippen LogP contribution < -0.4 is 0 Å². The van der Waals surface area contributed by atoms with Crippen LogP contribution >= 0.6 is 0 Å². The van der Waals surface area contributed by atoms with Crippen molar-refractivity contribution in [1.29, 1.82) is 0 Å². The van der Waals surface area contributed by atoms with Crippen molar-refractivity contribution >= 4 is 49.3 Å². The summed E-state index contributed by atoms with van der Waals surface area (Å²) in [5.41, 5.74) is 17.3. The SMILES string of the molecule is CC(C)(C)c1ccccc1-c1ccc2oc3c(c2c1)c1cccc2c4c(-c5[c-]c6c(cc5)-c5ccccc5C6c5ccccn5)[c-]c(-c5ccccn5)cc4n3c21.[Pt+2]. The quantitative estimate of drug-likeness (QED) is 0.165. The Morgan fingerprint density at radius 1 is 0.621 bits per heavy atom. The van der Waals surface area contributed by atoms with Crippen molar-refractivity contribution in [2.24, 2.45) is 0 Å². The maximum absolute atomic E-state index is 6.91. The largest absolute Gasteiger partial charge is 2.00 e. The predicted octanol–water partition coefficient (Wildman–Crippen LogP) is 13.4. The molecule has 0 aliphatic heterocycles. The van der Waals surface area contributed by atoms with Gasteiger partial charge in [-0.05, 0) is 68.9 Å². The second-order valence-corrected chi connectivity index (χ2v) is 16.3. The Balaban J connectivity index is 0.00000385. The second-order valence-electron chi connectivity index (χ2n) is 16.3. The monoisotopic (exact) mass is 924 g/mol. The number of para-hydroxylation sites is 1. The van der Waals surface area contributed by atoms with E-state index in [1.54, 1.807) is 0 Å². The topological polar surface area (TPSA) is 43.3 Å². The number of hydrogen-bond donors (Lipinski definition) is 0. The standard InChI is InChI=1S/C53H35N3O.Pt/c1-53(2,3)43-18-7-6-13-34(43)31-22-24-47-42(28-31)50-39-17-12-16-38-49-40(29-33(44-19-8-10-25-54-44)30-46(49)56(51(38)39)52(50)57-47)32-21-23-36-35-14-4-5-15-37(35)48(41(36)27-32)45-20-9-11-26-55-45;/h4-26,28,30,48H,1-3H3;/q-2;+2. The number of aromatic nitrogens is 3. The molecule has 0 radical (unpaired) electrons. The summed E-state index contributed by atoms with van der Waals surface area (Å²) in [6, 6.07) is 57.6. The first-order valence-electron chi connectivity index (χ1n) is 19.6. The number of benzene rings is 6. The minimum atomic E-state index is -0.0167. The molecule has 1 aliphatic rings. The summed E-state index contributed by atoms with van der Waals surface area (Å²) in [7, 11) is 0. The maximum atomic E-state index is 6.91. The fourth-order valence-corrected chi connectivity index (χ4v) is 9.58. The molecule has 5 heterocycles. The van der Waals surface area contributed by atoms with Crippen molar-refractivity contribution in [2.45, 2.75) is 32.1 Å². The summed E-state index contributed by atoms with van der Waals surface area (Å²) >= 11 is 0. The zero-order valence-corrected chi connectivity index (χ0v) is 34.3. The van der Waals surface area contributed by atoms with Crippen LogP contribution in [-0.4, -0.2) is 14.4 Å². The first-order valence-corrected chi connectivity index (χ1v) is 19.6. The number of fused-ring (bicyclic) bond motifs is 11. The van der Waals surface area contributed by atoms with Crippen molar-refractivity contribution in [1.82, 2.24) is 14.4 Å². The number of rotatable bonds is 4. The van der Waals surface area contributed by atoms with Crippen LogP contribution in [0.2, 0.25) is 0 Å². The molecule has 5 aromatic heterocycles. The molecule has 0 amide bonds. The molecule has 0 spiro atoms. The molecule has 0 N–H and O–H groups in total. The Morgan fingerprint density at radius 3 is 2.17 bits per heavy atom. The van der Waals surface area contributed by atoms with Crippen LogP contribution in [-0.2, 0) is 26.5 Å². The molecule has 11 aromatic rings. The van der Waals surface area contributed by atoms with E-state index in [0.29, 0.717) is 0 Å². The molecule has 4 nitrogen and oxygen atoms in total. The number of pyridine rings is 2. The Morgan fingerprint density at radius 2 is 1.38 bits per heavy atom. The van der Waals surface area contributed by atoms with Crippen LogP contribution in [0.15, 0.2) is 156 Å². The van der Waals surface area contributed by atoms with E-state index in [-0.39, 0.29) is 32.4 Å². The van der Waals surface area contributed by atoms with Gasteiger partial charge in [-0.3, -0.25) is 14.4 Å². The third-order valence-electron chi connectivity index (χ3n) is 12.0. The molecule has 1 aliphatic carbocycles. The molecule has 1 unspecified atom stereocenters. The maximum Gasteiger partial charge on any atom is 2.00 e. The summed E-state index contributed by atoms with van der Waals surface area (Å²) in [4.78, 5) is 9.66. The zero-order chi connectivity index (χ0) is 38.0. The summed E-state index contributed by atoms with van der Waals surface area (Å²) in [6.45, 7) is 6.84. The Hall–Kier alpha value is -6.35. The van der Waals surface area contributed by atoms with Gasteiger partial charge in [-0.25, -0.2) is 5.56 Å². The van der Waals surface area contributed by atoms with Crippen molar-refractivity contribution in [3.8, 4) is 44.6 Å². The summed E-state index contributed by atoms with van der Waals surface area (Å²) in [5, 5.41) is 5.71. The fraction of sp³-hybridized carbons (Fsp3) is 0.0943. The molecule has 0 bridgehead atoms. The molecule has 5 heteroatoms. The van der Waals surface area contributed by atoms with Gasteiger partial charge in [0.25, 0.3) is 0 Å². The van der Waals surface area contributed by atoms with E-state index in [9.17, 15) is 0 Å². The number of furan rings is 1. The first kappa shape index (κ1) is 34.9. The molecule has 0 fully saturated rings. The van der Waals surface area contributed by atoms with Gasteiger partial charge in [0.2, 0.25) is 5.71 Å². The molecule has 0 saturated carbocycles. The Kier molecular flexibility index (Phi) is 7.71. The zero-order valence-electron chi connectivity index (χ0n) is 32.1. The van der Waals surface area contributed by atoms with Crippen molar-refractivity contribution < 1.29 is 25.5 Å². The first-order chi connectivity index (χ1) is 27.9. The van der Waals surface area contributed by atoms with Crippen LogP contribution in [0.4, 0.5) is 0 Å². The molecule has 12 rings (SSSR count). The van der Waals surface area contributed by atoms with Crippen molar-refractivity contribution in [3.63, 3.8) is 0 Å². The molecule has 0 saturated heterocycles. The fourth-order valence-electron chi connectivity index (χ4n) is 9.58. The average molecular weight is 925 g/mol. The molecular weight excluding hydrogens is 890 g/mol. The van der Waals surface area contributed by atoms with Gasteiger partial charge in [0, 0.05) is 34.8 Å². The molecule has 58 heavy (non-hydrogen) atoms. The van der Waals surface area contributed by atoms with E-state index in [1.807, 2.05) is 30.6 Å². The normalized spacial score (nSPS) is 13.8. The predicted molar refractivity (Wildman–Crippen MR) is 232 cm³/mol. The van der Waals surface area contributed by atoms with Crippen LogP contribution in [0.25, 0.3) is 93.9 Å². The van der Waals surface area contributed by atoms with E-state index < -0.39 is 0 Å². The van der Waals surface area contributed by atoms with Gasteiger partial charge in [0.05, 0.1) is 16.6 Å². The van der Waals surface area contributed by atoms with E-state index in [0.717, 1.165) is 77.5 Å². The van der Waals surface area contributed by atoms with E-state index in [2.05, 4.69) is 159 Å². The van der Waals surface area contributed by atoms with Gasteiger partial charge in [0.15, 0.2) is 0 Å². The Bertz CT molecular complexity index is 3390. The number of nitrogens with zero attached hydrogens (tertiary/aromatic N) is 3. The van der Waals surface area contributed by atoms with Gasteiger partial charge in [0.1, 0.15) is 5.58 Å². The van der Waals surface area contributed by atoms with Gasteiger partial charge in [-0.2, -0.15) is 23.8 Å². The molecule has 278 valence electrons. The van der Waals surface area contributed by atoms with Crippen LogP contribution in [0.5, 0.6) is 0 Å². The van der Waals surface area contributed by atoms with Gasteiger partial charge in [-0.15, -0.1) is 23.3 Å². The van der Waals surface area contributed by atoms with Gasteiger partial charge < -0.3 is 4.42 Å². The smallest absolute Gasteiger partial charge is 0.439 e. The van der Waals surface area contributed by atoms with E-state index >= 15 is 0 Å². The third kappa shape index (κ3) is 4.98. The summed E-state index contributed by atoms with van der Waals surface area (Å²) in [5.74, 6) is -0.0167. The summed E-state index contributed by atoms with van der Waals surface area (Å²) in [6.07, 6.45) is 3.73. The molecular formula is C53H35N3OPt. The number of hydrogen-bond acceptors (Lipinski definition) is 3. The van der Waals surface area contributed by atoms with Crippen molar-refractivity contribution in [3.05, 3.63) is 186 Å². The molecule has 1 atom stereocenters. The summed E-state index contributed by atoms with van der Waals surface area (Å²) < 4.78 is 9.25. The van der Waals surface area contributed by atoms with Crippen LogP contribution in [0.3, 0.4) is 0 Å². The van der Waals surface area contributed by atoms with Gasteiger partial charge in [-0.1, -0.05) is 128 Å². The Labute approximate surface area is 350 Å². The van der Waals surface area contributed by atoms with Crippen molar-refractivity contribution in [2.75, 3.05) is 0 Å². The third-order valence-corrected chi connectivity index (χ3v) is 12.0. The minimum absolute atomic E-state index is 0. The van der Waals surface area contributed by atoms with Crippen LogP contribution in [0, 0.1) is 12.1 Å². The minimum Gasteiger partial charge on any atom is -0.439 e.